The summed E-state index contributed by atoms with van der Waals surface area (Å²) in [7, 11) is 0. The summed E-state index contributed by atoms with van der Waals surface area (Å²) in [6, 6.07) is 0. The van der Waals surface area contributed by atoms with Crippen LogP contribution < -0.4 is 0 Å². The van der Waals surface area contributed by atoms with Crippen molar-refractivity contribution in [2.24, 2.45) is 29.1 Å². The molecule has 1 unspecified atom stereocenters. The van der Waals surface area contributed by atoms with E-state index < -0.39 is 6.10 Å². The molecular weight excluding hydrogens is 304 g/mol. The van der Waals surface area contributed by atoms with E-state index in [1.54, 1.807) is 0 Å². The Bertz CT molecular complexity index is 592. The molecule has 7 atom stereocenters. The van der Waals surface area contributed by atoms with Gasteiger partial charge >= 0.3 is 11.9 Å². The molecule has 0 spiro atoms. The number of ether oxygens (including phenoxy) is 2. The maximum Gasteiger partial charge on any atom is 0.309 e. The van der Waals surface area contributed by atoms with Gasteiger partial charge in [-0.15, -0.1) is 0 Å². The lowest BCUT2D eigenvalue weighted by Crippen LogP contribution is -2.48. The van der Waals surface area contributed by atoms with Gasteiger partial charge in [0.2, 0.25) is 0 Å². The predicted octanol–water partition coefficient (Wildman–Crippen LogP) is 3.66. The van der Waals surface area contributed by atoms with E-state index in [9.17, 15) is 9.59 Å². The van der Waals surface area contributed by atoms with Crippen molar-refractivity contribution in [3.63, 3.8) is 0 Å². The summed E-state index contributed by atoms with van der Waals surface area (Å²) in [5, 5.41) is 0. The summed E-state index contributed by atoms with van der Waals surface area (Å²) >= 11 is 0. The average Bonchev–Trinajstić information content (AvgIpc) is 2.83. The van der Waals surface area contributed by atoms with Gasteiger partial charge in [-0.05, 0) is 36.3 Å². The second-order valence-corrected chi connectivity index (χ2v) is 7.98. The summed E-state index contributed by atoms with van der Waals surface area (Å²) in [6.45, 7) is 12.2. The van der Waals surface area contributed by atoms with E-state index >= 15 is 0 Å². The third kappa shape index (κ3) is 2.60. The molecule has 0 aromatic heterocycles. The van der Waals surface area contributed by atoms with Crippen LogP contribution in [0, 0.1) is 29.1 Å². The van der Waals surface area contributed by atoms with E-state index in [4.69, 9.17) is 9.47 Å². The lowest BCUT2D eigenvalue weighted by molar-refractivity contribution is -0.153. The first-order valence-electron chi connectivity index (χ1n) is 9.07. The van der Waals surface area contributed by atoms with Crippen molar-refractivity contribution in [2.75, 3.05) is 0 Å². The van der Waals surface area contributed by atoms with Crippen molar-refractivity contribution in [3.8, 4) is 0 Å². The van der Waals surface area contributed by atoms with E-state index in [-0.39, 0.29) is 47.1 Å². The monoisotopic (exact) mass is 332 g/mol. The topological polar surface area (TPSA) is 52.6 Å². The summed E-state index contributed by atoms with van der Waals surface area (Å²) in [5.74, 6) is -0.220. The molecule has 3 rings (SSSR count). The number of carbonyl (C=O) groups is 2. The molecule has 2 fully saturated rings. The van der Waals surface area contributed by atoms with Gasteiger partial charge in [-0.25, -0.2) is 0 Å². The first kappa shape index (κ1) is 17.2. The van der Waals surface area contributed by atoms with Gasteiger partial charge in [-0.1, -0.05) is 40.3 Å². The zero-order valence-corrected chi connectivity index (χ0v) is 15.1. The Hall–Kier alpha value is -1.58. The van der Waals surface area contributed by atoms with Gasteiger partial charge in [0.25, 0.3) is 0 Å². The molecule has 1 aliphatic heterocycles. The molecular formula is C20H28O4. The first-order chi connectivity index (χ1) is 11.3. The van der Waals surface area contributed by atoms with E-state index in [0.29, 0.717) is 0 Å². The molecule has 132 valence electrons. The Labute approximate surface area is 144 Å². The maximum absolute atomic E-state index is 12.2. The van der Waals surface area contributed by atoms with Crippen LogP contribution in [-0.2, 0) is 19.1 Å². The molecule has 24 heavy (non-hydrogen) atoms. The fourth-order valence-corrected chi connectivity index (χ4v) is 4.48. The molecule has 0 amide bonds. The Morgan fingerprint density at radius 2 is 2.25 bits per heavy atom. The van der Waals surface area contributed by atoms with Crippen molar-refractivity contribution < 1.29 is 19.1 Å². The third-order valence-corrected chi connectivity index (χ3v) is 6.42. The minimum Gasteiger partial charge on any atom is -0.461 e. The smallest absolute Gasteiger partial charge is 0.309 e. The molecule has 4 nitrogen and oxygen atoms in total. The third-order valence-electron chi connectivity index (χ3n) is 6.42. The summed E-state index contributed by atoms with van der Waals surface area (Å²) in [4.78, 5) is 24.2. The number of hydrogen-bond donors (Lipinski definition) is 0. The summed E-state index contributed by atoms with van der Waals surface area (Å²) in [6.07, 6.45) is 6.28. The number of hydrogen-bond acceptors (Lipinski definition) is 4. The van der Waals surface area contributed by atoms with Crippen molar-refractivity contribution >= 4 is 11.9 Å². The Morgan fingerprint density at radius 3 is 2.92 bits per heavy atom. The van der Waals surface area contributed by atoms with Crippen molar-refractivity contribution in [2.45, 2.75) is 59.2 Å². The molecule has 4 heteroatoms. The molecule has 0 bridgehead atoms. The van der Waals surface area contributed by atoms with Crippen LogP contribution in [0.4, 0.5) is 0 Å². The Morgan fingerprint density at radius 1 is 1.54 bits per heavy atom. The van der Waals surface area contributed by atoms with E-state index in [1.165, 1.54) is 0 Å². The molecule has 1 saturated carbocycles. The highest BCUT2D eigenvalue weighted by atomic mass is 16.6. The van der Waals surface area contributed by atoms with Gasteiger partial charge in [-0.3, -0.25) is 9.59 Å². The van der Waals surface area contributed by atoms with Crippen LogP contribution in [0.5, 0.6) is 0 Å². The molecule has 1 heterocycles. The zero-order valence-electron chi connectivity index (χ0n) is 15.1. The Balaban J connectivity index is 1.85. The molecule has 2 aliphatic carbocycles. The van der Waals surface area contributed by atoms with Crippen LogP contribution in [0.15, 0.2) is 24.3 Å². The molecule has 0 N–H and O–H groups in total. The maximum atomic E-state index is 12.2. The predicted molar refractivity (Wildman–Crippen MR) is 91.0 cm³/mol. The lowest BCUT2D eigenvalue weighted by atomic mass is 9.57. The molecule has 0 aromatic carbocycles. The van der Waals surface area contributed by atoms with Crippen molar-refractivity contribution in [1.82, 2.24) is 0 Å². The van der Waals surface area contributed by atoms with Gasteiger partial charge < -0.3 is 9.47 Å². The SMILES string of the molecule is C=C1[C@H](OC(=O)C(C)CC)C=C[C@@]2(C)CC[C@@H]3[C@@H](OC(=O)[C@@H]3C)[C@H]12. The fourth-order valence-electron chi connectivity index (χ4n) is 4.48. The van der Waals surface area contributed by atoms with Gasteiger partial charge in [0.15, 0.2) is 0 Å². The standard InChI is InChI=1S/C20H28O4/c1-6-11(2)18(21)23-15-8-10-20(5)9-7-14-12(3)19(22)24-17(14)16(20)13(15)4/h8,10-12,14-17H,4,6-7,9H2,1-3,5H3/t11?,12-,14+,15-,16+,17-,20-/m1/s1. The highest BCUT2D eigenvalue weighted by molar-refractivity contribution is 5.75. The quantitative estimate of drug-likeness (QED) is 0.584. The zero-order chi connectivity index (χ0) is 17.6. The van der Waals surface area contributed by atoms with Crippen LogP contribution in [0.1, 0.15) is 47.0 Å². The normalized spacial score (nSPS) is 42.1. The van der Waals surface area contributed by atoms with Gasteiger partial charge in [0.1, 0.15) is 12.2 Å². The minimum absolute atomic E-state index is 0.0184. The summed E-state index contributed by atoms with van der Waals surface area (Å²) < 4.78 is 11.4. The van der Waals surface area contributed by atoms with E-state index in [1.807, 2.05) is 26.8 Å². The van der Waals surface area contributed by atoms with Crippen LogP contribution >= 0.6 is 0 Å². The van der Waals surface area contributed by atoms with Gasteiger partial charge in [0.05, 0.1) is 11.8 Å². The molecule has 0 radical (unpaired) electrons. The van der Waals surface area contributed by atoms with Crippen LogP contribution in [0.2, 0.25) is 0 Å². The van der Waals surface area contributed by atoms with Gasteiger partial charge in [-0.2, -0.15) is 0 Å². The molecule has 3 aliphatic rings. The second kappa shape index (κ2) is 6.05. The van der Waals surface area contributed by atoms with Crippen LogP contribution in [0.3, 0.4) is 0 Å². The summed E-state index contributed by atoms with van der Waals surface area (Å²) in [5.41, 5.74) is 0.787. The highest BCUT2D eigenvalue weighted by Crippen LogP contribution is 2.55. The second-order valence-electron chi connectivity index (χ2n) is 7.98. The minimum atomic E-state index is -0.419. The number of rotatable bonds is 3. The van der Waals surface area contributed by atoms with Crippen LogP contribution in [0.25, 0.3) is 0 Å². The average molecular weight is 332 g/mol. The van der Waals surface area contributed by atoms with E-state index in [2.05, 4.69) is 19.6 Å². The number of esters is 2. The molecule has 0 aromatic rings. The number of fused-ring (bicyclic) bond motifs is 3. The molecule has 1 saturated heterocycles. The highest BCUT2D eigenvalue weighted by Gasteiger charge is 2.56. The lowest BCUT2D eigenvalue weighted by Gasteiger charge is -2.49. The van der Waals surface area contributed by atoms with Gasteiger partial charge in [0, 0.05) is 11.8 Å². The number of allylic oxidation sites excluding steroid dienone is 1. The Kier molecular flexibility index (Phi) is 4.35. The first-order valence-corrected chi connectivity index (χ1v) is 9.07. The van der Waals surface area contributed by atoms with E-state index in [0.717, 1.165) is 24.8 Å². The van der Waals surface area contributed by atoms with Crippen molar-refractivity contribution in [3.05, 3.63) is 24.3 Å². The largest absolute Gasteiger partial charge is 0.461 e. The fraction of sp³-hybridized carbons (Fsp3) is 0.700. The van der Waals surface area contributed by atoms with Crippen LogP contribution in [-0.4, -0.2) is 24.1 Å². The van der Waals surface area contributed by atoms with Crippen molar-refractivity contribution in [1.29, 1.82) is 0 Å². The number of carbonyl (C=O) groups excluding carboxylic acids is 2.